The van der Waals surface area contributed by atoms with E-state index in [2.05, 4.69) is 21.2 Å². The Balaban J connectivity index is 1.99. The minimum Gasteiger partial charge on any atom is -0.357 e. The molecule has 2 aromatic carbocycles. The van der Waals surface area contributed by atoms with E-state index in [9.17, 15) is 9.59 Å². The van der Waals surface area contributed by atoms with E-state index >= 15 is 0 Å². The Labute approximate surface area is 143 Å². The molecule has 1 aliphatic rings. The summed E-state index contributed by atoms with van der Waals surface area (Å²) in [6.45, 7) is 0.439. The Bertz CT molecular complexity index is 760. The van der Waals surface area contributed by atoms with E-state index < -0.39 is 6.04 Å². The molecule has 0 aromatic heterocycles. The Morgan fingerprint density at radius 3 is 2.43 bits per heavy atom. The van der Waals surface area contributed by atoms with Crippen LogP contribution in [0.1, 0.15) is 21.5 Å². The Morgan fingerprint density at radius 1 is 1.09 bits per heavy atom. The zero-order chi connectivity index (χ0) is 16.4. The van der Waals surface area contributed by atoms with Crippen LogP contribution in [-0.4, -0.2) is 29.8 Å². The smallest absolute Gasteiger partial charge is 0.255 e. The summed E-state index contributed by atoms with van der Waals surface area (Å²) in [5, 5.41) is 2.67. The van der Waals surface area contributed by atoms with Crippen LogP contribution >= 0.6 is 15.9 Å². The summed E-state index contributed by atoms with van der Waals surface area (Å²) in [6, 6.07) is 14.8. The van der Waals surface area contributed by atoms with Crippen LogP contribution in [-0.2, 0) is 17.8 Å². The van der Waals surface area contributed by atoms with E-state index in [1.54, 1.807) is 18.0 Å². The maximum Gasteiger partial charge on any atom is 0.255 e. The second-order valence-corrected chi connectivity index (χ2v) is 6.37. The lowest BCUT2D eigenvalue weighted by atomic mass is 9.93. The molecule has 1 unspecified atom stereocenters. The van der Waals surface area contributed by atoms with Gasteiger partial charge in [0.15, 0.2) is 0 Å². The minimum atomic E-state index is -0.491. The van der Waals surface area contributed by atoms with E-state index in [4.69, 9.17) is 0 Å². The number of carbonyl (C=O) groups is 2. The zero-order valence-electron chi connectivity index (χ0n) is 12.8. The van der Waals surface area contributed by atoms with E-state index in [-0.39, 0.29) is 11.8 Å². The molecule has 0 saturated heterocycles. The molecule has 5 heteroatoms. The van der Waals surface area contributed by atoms with Crippen molar-refractivity contribution in [2.24, 2.45) is 0 Å². The predicted molar refractivity (Wildman–Crippen MR) is 92.0 cm³/mol. The SMILES string of the molecule is CNC(=O)C1Cc2ccccc2CN1C(=O)c1ccccc1Br. The van der Waals surface area contributed by atoms with Gasteiger partial charge < -0.3 is 10.2 Å². The molecule has 0 bridgehead atoms. The molecular formula is C18H17BrN2O2. The molecule has 2 aromatic rings. The van der Waals surface area contributed by atoms with Crippen LogP contribution in [0.15, 0.2) is 53.0 Å². The highest BCUT2D eigenvalue weighted by Gasteiger charge is 2.34. The first-order chi connectivity index (χ1) is 11.1. The Kier molecular flexibility index (Phi) is 4.48. The molecule has 0 radical (unpaired) electrons. The maximum atomic E-state index is 13.0. The largest absolute Gasteiger partial charge is 0.357 e. The average Bonchev–Trinajstić information content (AvgIpc) is 2.59. The van der Waals surface area contributed by atoms with Crippen molar-refractivity contribution in [2.75, 3.05) is 7.05 Å². The first-order valence-corrected chi connectivity index (χ1v) is 8.25. The molecule has 0 saturated carbocycles. The topological polar surface area (TPSA) is 49.4 Å². The number of halogens is 1. The summed E-state index contributed by atoms with van der Waals surface area (Å²) in [6.07, 6.45) is 0.534. The number of fused-ring (bicyclic) bond motifs is 1. The second kappa shape index (κ2) is 6.54. The fraction of sp³-hybridized carbons (Fsp3) is 0.222. The number of nitrogens with one attached hydrogen (secondary N) is 1. The van der Waals surface area contributed by atoms with Crippen LogP contribution in [0, 0.1) is 0 Å². The van der Waals surface area contributed by atoms with Crippen LogP contribution in [0.2, 0.25) is 0 Å². The normalized spacial score (nSPS) is 16.6. The van der Waals surface area contributed by atoms with Crippen molar-refractivity contribution in [3.05, 3.63) is 69.7 Å². The lowest BCUT2D eigenvalue weighted by Crippen LogP contribution is -2.52. The molecule has 1 aliphatic heterocycles. The third-order valence-electron chi connectivity index (χ3n) is 4.16. The van der Waals surface area contributed by atoms with Crippen molar-refractivity contribution >= 4 is 27.7 Å². The van der Waals surface area contributed by atoms with Gasteiger partial charge in [-0.1, -0.05) is 36.4 Å². The van der Waals surface area contributed by atoms with Gasteiger partial charge in [0, 0.05) is 24.5 Å². The fourth-order valence-corrected chi connectivity index (χ4v) is 3.38. The van der Waals surface area contributed by atoms with E-state index in [1.165, 1.54) is 0 Å². The molecule has 4 nitrogen and oxygen atoms in total. The lowest BCUT2D eigenvalue weighted by molar-refractivity contribution is -0.125. The maximum absolute atomic E-state index is 13.0. The molecule has 0 fully saturated rings. The van der Waals surface area contributed by atoms with Gasteiger partial charge in [-0.15, -0.1) is 0 Å². The summed E-state index contributed by atoms with van der Waals surface area (Å²) >= 11 is 3.42. The van der Waals surface area contributed by atoms with Crippen molar-refractivity contribution < 1.29 is 9.59 Å². The minimum absolute atomic E-state index is 0.138. The standard InChI is InChI=1S/C18H17BrN2O2/c1-20-17(22)16-10-12-6-2-3-7-13(12)11-21(16)18(23)14-8-4-5-9-15(14)19/h2-9,16H,10-11H2,1H3,(H,20,22). The molecule has 1 N–H and O–H groups in total. The molecule has 0 aliphatic carbocycles. The third-order valence-corrected chi connectivity index (χ3v) is 4.85. The van der Waals surface area contributed by atoms with Gasteiger partial charge in [-0.25, -0.2) is 0 Å². The van der Waals surface area contributed by atoms with Crippen LogP contribution in [0.4, 0.5) is 0 Å². The Morgan fingerprint density at radius 2 is 1.74 bits per heavy atom. The van der Waals surface area contributed by atoms with Crippen molar-refractivity contribution in [2.45, 2.75) is 19.0 Å². The number of carbonyl (C=O) groups excluding carboxylic acids is 2. The van der Waals surface area contributed by atoms with Crippen molar-refractivity contribution in [3.63, 3.8) is 0 Å². The van der Waals surface area contributed by atoms with Crippen molar-refractivity contribution in [1.82, 2.24) is 10.2 Å². The third kappa shape index (κ3) is 3.01. The van der Waals surface area contributed by atoms with E-state index in [1.807, 2.05) is 42.5 Å². The fourth-order valence-electron chi connectivity index (χ4n) is 2.93. The van der Waals surface area contributed by atoms with Crippen LogP contribution in [0.3, 0.4) is 0 Å². The lowest BCUT2D eigenvalue weighted by Gasteiger charge is -2.36. The number of benzene rings is 2. The summed E-state index contributed by atoms with van der Waals surface area (Å²) in [5.41, 5.74) is 2.78. The van der Waals surface area contributed by atoms with Crippen molar-refractivity contribution in [1.29, 1.82) is 0 Å². The molecule has 1 heterocycles. The molecule has 0 spiro atoms. The van der Waals surface area contributed by atoms with Crippen LogP contribution < -0.4 is 5.32 Å². The first kappa shape index (κ1) is 15.7. The van der Waals surface area contributed by atoms with Gasteiger partial charge in [-0.05, 0) is 39.2 Å². The van der Waals surface area contributed by atoms with Gasteiger partial charge in [0.1, 0.15) is 6.04 Å². The molecule has 2 amide bonds. The average molecular weight is 373 g/mol. The molecule has 1 atom stereocenters. The molecule has 118 valence electrons. The quantitative estimate of drug-likeness (QED) is 0.880. The highest BCUT2D eigenvalue weighted by molar-refractivity contribution is 9.10. The van der Waals surface area contributed by atoms with Crippen molar-refractivity contribution in [3.8, 4) is 0 Å². The summed E-state index contributed by atoms with van der Waals surface area (Å²) in [7, 11) is 1.60. The van der Waals surface area contributed by atoms with E-state index in [0.717, 1.165) is 15.6 Å². The van der Waals surface area contributed by atoms with E-state index in [0.29, 0.717) is 18.5 Å². The Hall–Kier alpha value is -2.14. The summed E-state index contributed by atoms with van der Waals surface area (Å²) in [5.74, 6) is -0.277. The number of hydrogen-bond donors (Lipinski definition) is 1. The summed E-state index contributed by atoms with van der Waals surface area (Å²) < 4.78 is 0.736. The number of likely N-dealkylation sites (N-methyl/N-ethyl adjacent to an activating group) is 1. The van der Waals surface area contributed by atoms with Gasteiger partial charge in [0.2, 0.25) is 5.91 Å². The summed E-state index contributed by atoms with van der Waals surface area (Å²) in [4.78, 5) is 26.9. The first-order valence-electron chi connectivity index (χ1n) is 7.45. The number of rotatable bonds is 2. The highest BCUT2D eigenvalue weighted by Crippen LogP contribution is 2.27. The van der Waals surface area contributed by atoms with Gasteiger partial charge in [-0.3, -0.25) is 9.59 Å². The number of nitrogens with zero attached hydrogens (tertiary/aromatic N) is 1. The number of amides is 2. The highest BCUT2D eigenvalue weighted by atomic mass is 79.9. The van der Waals surface area contributed by atoms with Gasteiger partial charge in [0.05, 0.1) is 5.56 Å². The van der Waals surface area contributed by atoms with Gasteiger partial charge >= 0.3 is 0 Å². The molecule has 23 heavy (non-hydrogen) atoms. The molecular weight excluding hydrogens is 356 g/mol. The predicted octanol–water partition coefficient (Wildman–Crippen LogP) is 2.76. The van der Waals surface area contributed by atoms with Crippen LogP contribution in [0.25, 0.3) is 0 Å². The van der Waals surface area contributed by atoms with Gasteiger partial charge in [0.25, 0.3) is 5.91 Å². The van der Waals surface area contributed by atoms with Gasteiger partial charge in [-0.2, -0.15) is 0 Å². The second-order valence-electron chi connectivity index (χ2n) is 5.52. The zero-order valence-corrected chi connectivity index (χ0v) is 14.3. The molecule has 3 rings (SSSR count). The monoisotopic (exact) mass is 372 g/mol. The number of hydrogen-bond acceptors (Lipinski definition) is 2. The van der Waals surface area contributed by atoms with Crippen LogP contribution in [0.5, 0.6) is 0 Å².